The van der Waals surface area contributed by atoms with Crippen LogP contribution in [0.25, 0.3) is 0 Å². The van der Waals surface area contributed by atoms with E-state index in [1.54, 1.807) is 18.2 Å². The minimum Gasteiger partial charge on any atom is -0.399 e. The number of hydrogen-bond acceptors (Lipinski definition) is 3. The lowest BCUT2D eigenvalue weighted by atomic mass is 10.2. The van der Waals surface area contributed by atoms with Crippen LogP contribution in [0.1, 0.15) is 18.9 Å². The Morgan fingerprint density at radius 3 is 2.60 bits per heavy atom. The molecule has 1 aromatic carbocycles. The van der Waals surface area contributed by atoms with Gasteiger partial charge in [0, 0.05) is 10.7 Å². The van der Waals surface area contributed by atoms with Crippen LogP contribution in [-0.4, -0.2) is 14.2 Å². The molecule has 3 nitrogen and oxygen atoms in total. The highest BCUT2D eigenvalue weighted by molar-refractivity contribution is 7.90. The van der Waals surface area contributed by atoms with E-state index in [-0.39, 0.29) is 11.5 Å². The zero-order valence-electron chi connectivity index (χ0n) is 8.53. The van der Waals surface area contributed by atoms with Gasteiger partial charge >= 0.3 is 0 Å². The maximum absolute atomic E-state index is 11.5. The van der Waals surface area contributed by atoms with E-state index in [0.29, 0.717) is 22.7 Å². The lowest BCUT2D eigenvalue weighted by molar-refractivity contribution is 0.594. The molecule has 0 aliphatic heterocycles. The highest BCUT2D eigenvalue weighted by Gasteiger charge is 2.12. The monoisotopic (exact) mass is 247 g/mol. The number of benzene rings is 1. The van der Waals surface area contributed by atoms with E-state index in [1.807, 2.05) is 6.92 Å². The summed E-state index contributed by atoms with van der Waals surface area (Å²) in [5, 5.41) is 0.412. The summed E-state index contributed by atoms with van der Waals surface area (Å²) < 4.78 is 23.1. The number of sulfone groups is 1. The van der Waals surface area contributed by atoms with Gasteiger partial charge in [-0.25, -0.2) is 8.42 Å². The predicted molar refractivity (Wildman–Crippen MR) is 63.6 cm³/mol. The molecule has 0 aliphatic carbocycles. The highest BCUT2D eigenvalue weighted by atomic mass is 35.5. The van der Waals surface area contributed by atoms with Crippen LogP contribution in [0.5, 0.6) is 0 Å². The van der Waals surface area contributed by atoms with E-state index in [4.69, 9.17) is 17.3 Å². The minimum absolute atomic E-state index is 0.0139. The second-order valence-corrected chi connectivity index (χ2v) is 6.03. The second kappa shape index (κ2) is 4.86. The van der Waals surface area contributed by atoms with Gasteiger partial charge in [-0.3, -0.25) is 0 Å². The van der Waals surface area contributed by atoms with Crippen molar-refractivity contribution < 1.29 is 8.42 Å². The number of rotatable bonds is 4. The quantitative estimate of drug-likeness (QED) is 0.831. The Kier molecular flexibility index (Phi) is 3.99. The molecule has 1 rings (SSSR count). The molecule has 0 heterocycles. The van der Waals surface area contributed by atoms with Crippen molar-refractivity contribution >= 4 is 27.1 Å². The van der Waals surface area contributed by atoms with Crippen LogP contribution in [0.4, 0.5) is 5.69 Å². The number of hydrogen-bond donors (Lipinski definition) is 1. The SMILES string of the molecule is CCCS(=O)(=O)Cc1ccc(N)cc1Cl. The Balaban J connectivity index is 2.90. The van der Waals surface area contributed by atoms with Crippen molar-refractivity contribution in [2.75, 3.05) is 11.5 Å². The fraction of sp³-hybridized carbons (Fsp3) is 0.400. The zero-order valence-corrected chi connectivity index (χ0v) is 10.1. The van der Waals surface area contributed by atoms with E-state index < -0.39 is 9.84 Å². The maximum atomic E-state index is 11.5. The van der Waals surface area contributed by atoms with Crippen molar-refractivity contribution in [1.29, 1.82) is 0 Å². The fourth-order valence-corrected chi connectivity index (χ4v) is 3.13. The van der Waals surface area contributed by atoms with Gasteiger partial charge in [-0.2, -0.15) is 0 Å². The van der Waals surface area contributed by atoms with Crippen molar-refractivity contribution in [2.45, 2.75) is 19.1 Å². The normalized spacial score (nSPS) is 11.6. The van der Waals surface area contributed by atoms with Crippen molar-refractivity contribution in [3.8, 4) is 0 Å². The maximum Gasteiger partial charge on any atom is 0.154 e. The van der Waals surface area contributed by atoms with E-state index in [0.717, 1.165) is 0 Å². The molecule has 0 radical (unpaired) electrons. The average Bonchev–Trinajstić information content (AvgIpc) is 2.09. The summed E-state index contributed by atoms with van der Waals surface area (Å²) in [7, 11) is -3.05. The van der Waals surface area contributed by atoms with Gasteiger partial charge in [0.2, 0.25) is 0 Å². The summed E-state index contributed by atoms with van der Waals surface area (Å²) in [6, 6.07) is 4.88. The van der Waals surface area contributed by atoms with Crippen LogP contribution in [0, 0.1) is 0 Å². The van der Waals surface area contributed by atoms with Crippen molar-refractivity contribution in [3.63, 3.8) is 0 Å². The molecule has 84 valence electrons. The summed E-state index contributed by atoms with van der Waals surface area (Å²) in [4.78, 5) is 0. The first kappa shape index (κ1) is 12.3. The van der Waals surface area contributed by atoms with Gasteiger partial charge in [-0.05, 0) is 24.1 Å². The molecule has 15 heavy (non-hydrogen) atoms. The first-order valence-electron chi connectivity index (χ1n) is 4.69. The van der Waals surface area contributed by atoms with E-state index >= 15 is 0 Å². The molecule has 0 unspecified atom stereocenters. The number of halogens is 1. The number of anilines is 1. The van der Waals surface area contributed by atoms with Gasteiger partial charge in [0.1, 0.15) is 0 Å². The Hall–Kier alpha value is -0.740. The summed E-state index contributed by atoms with van der Waals surface area (Å²) >= 11 is 5.89. The molecule has 0 fully saturated rings. The molecular weight excluding hydrogens is 234 g/mol. The molecule has 1 aromatic rings. The average molecular weight is 248 g/mol. The molecule has 0 aliphatic rings. The summed E-state index contributed by atoms with van der Waals surface area (Å²) in [5.41, 5.74) is 6.67. The van der Waals surface area contributed by atoms with E-state index in [1.165, 1.54) is 0 Å². The first-order chi connectivity index (χ1) is 6.94. The molecule has 0 saturated heterocycles. The largest absolute Gasteiger partial charge is 0.399 e. The van der Waals surface area contributed by atoms with Gasteiger partial charge in [-0.15, -0.1) is 0 Å². The van der Waals surface area contributed by atoms with Crippen LogP contribution in [0.3, 0.4) is 0 Å². The Labute approximate surface area is 95.2 Å². The molecular formula is C10H14ClNO2S. The van der Waals surface area contributed by atoms with E-state index in [2.05, 4.69) is 0 Å². The lowest BCUT2D eigenvalue weighted by Crippen LogP contribution is -2.08. The molecule has 0 spiro atoms. The molecule has 0 amide bonds. The number of nitrogen functional groups attached to an aromatic ring is 1. The van der Waals surface area contributed by atoms with Gasteiger partial charge in [0.25, 0.3) is 0 Å². The lowest BCUT2D eigenvalue weighted by Gasteiger charge is -2.05. The highest BCUT2D eigenvalue weighted by Crippen LogP contribution is 2.21. The third-order valence-corrected chi connectivity index (χ3v) is 4.10. The van der Waals surface area contributed by atoms with Gasteiger partial charge in [0.05, 0.1) is 11.5 Å². The smallest absolute Gasteiger partial charge is 0.154 e. The van der Waals surface area contributed by atoms with Crippen LogP contribution in [0.2, 0.25) is 5.02 Å². The standard InChI is InChI=1S/C10H14ClNO2S/c1-2-5-15(13,14)7-8-3-4-9(12)6-10(8)11/h3-4,6H,2,5,7,12H2,1H3. The predicted octanol–water partition coefficient (Wildman–Crippen LogP) is 2.25. The summed E-state index contributed by atoms with van der Waals surface area (Å²) in [6.45, 7) is 1.84. The van der Waals surface area contributed by atoms with Crippen LogP contribution < -0.4 is 5.73 Å². The zero-order chi connectivity index (χ0) is 11.5. The molecule has 2 N–H and O–H groups in total. The van der Waals surface area contributed by atoms with Crippen molar-refractivity contribution in [1.82, 2.24) is 0 Å². The van der Waals surface area contributed by atoms with Crippen LogP contribution >= 0.6 is 11.6 Å². The third kappa shape index (κ3) is 3.72. The van der Waals surface area contributed by atoms with Gasteiger partial charge in [-0.1, -0.05) is 24.6 Å². The van der Waals surface area contributed by atoms with Crippen molar-refractivity contribution in [3.05, 3.63) is 28.8 Å². The Morgan fingerprint density at radius 2 is 2.07 bits per heavy atom. The second-order valence-electron chi connectivity index (χ2n) is 3.44. The number of nitrogens with two attached hydrogens (primary N) is 1. The van der Waals surface area contributed by atoms with E-state index in [9.17, 15) is 8.42 Å². The summed E-state index contributed by atoms with van der Waals surface area (Å²) in [5.74, 6) is 0.174. The fourth-order valence-electron chi connectivity index (χ4n) is 1.30. The molecule has 0 saturated carbocycles. The molecule has 0 bridgehead atoms. The Bertz CT molecular complexity index is 443. The first-order valence-corrected chi connectivity index (χ1v) is 6.89. The molecule has 5 heteroatoms. The topological polar surface area (TPSA) is 60.2 Å². The molecule has 0 aromatic heterocycles. The minimum atomic E-state index is -3.05. The van der Waals surface area contributed by atoms with Crippen molar-refractivity contribution in [2.24, 2.45) is 0 Å². The van der Waals surface area contributed by atoms with Gasteiger partial charge < -0.3 is 5.73 Å². The summed E-state index contributed by atoms with van der Waals surface area (Å²) in [6.07, 6.45) is 0.620. The molecule has 0 atom stereocenters. The Morgan fingerprint density at radius 1 is 1.40 bits per heavy atom. The van der Waals surface area contributed by atoms with Crippen LogP contribution in [-0.2, 0) is 15.6 Å². The third-order valence-electron chi connectivity index (χ3n) is 1.97. The van der Waals surface area contributed by atoms with Gasteiger partial charge in [0.15, 0.2) is 9.84 Å². The van der Waals surface area contributed by atoms with Crippen LogP contribution in [0.15, 0.2) is 18.2 Å².